The lowest BCUT2D eigenvalue weighted by molar-refractivity contribution is 0.633. The van der Waals surface area contributed by atoms with Gasteiger partial charge in [0.2, 0.25) is 5.95 Å². The minimum Gasteiger partial charge on any atom is -0.300 e. The molecule has 0 saturated heterocycles. The number of rotatable bonds is 0. The van der Waals surface area contributed by atoms with Gasteiger partial charge in [-0.15, -0.1) is 12.6 Å². The summed E-state index contributed by atoms with van der Waals surface area (Å²) in [6.45, 7) is 2.13. The molecule has 0 N–H and O–H groups in total. The number of allylic oxidation sites excluding steroid dienone is 5. The summed E-state index contributed by atoms with van der Waals surface area (Å²) in [6.07, 6.45) is 15.8. The molecule has 4 heteroatoms. The molecule has 18 heavy (non-hydrogen) atoms. The van der Waals surface area contributed by atoms with E-state index in [0.29, 0.717) is 0 Å². The minimum absolute atomic E-state index is 0.103. The molecule has 0 amide bonds. The van der Waals surface area contributed by atoms with Gasteiger partial charge in [0.15, 0.2) is 0 Å². The summed E-state index contributed by atoms with van der Waals surface area (Å²) in [7, 11) is 0. The molecule has 1 atom stereocenters. The lowest BCUT2D eigenvalue weighted by Gasteiger charge is -2.39. The van der Waals surface area contributed by atoms with Crippen molar-refractivity contribution in [3.63, 3.8) is 0 Å². The topological polar surface area (TPSA) is 21.1 Å². The van der Waals surface area contributed by atoms with E-state index in [1.807, 2.05) is 6.20 Å². The molecular formula is C14H13N3S. The van der Waals surface area contributed by atoms with Gasteiger partial charge in [-0.1, -0.05) is 24.3 Å². The van der Waals surface area contributed by atoms with Gasteiger partial charge >= 0.3 is 0 Å². The van der Waals surface area contributed by atoms with Crippen molar-refractivity contribution in [1.82, 2.24) is 9.55 Å². The monoisotopic (exact) mass is 255 g/mol. The molecule has 0 bridgehead atoms. The zero-order valence-corrected chi connectivity index (χ0v) is 10.9. The quantitative estimate of drug-likeness (QED) is 0.719. The van der Waals surface area contributed by atoms with Gasteiger partial charge in [0.25, 0.3) is 0 Å². The van der Waals surface area contributed by atoms with E-state index in [4.69, 9.17) is 0 Å². The molecule has 2 aliphatic heterocycles. The van der Waals surface area contributed by atoms with Crippen molar-refractivity contribution in [2.24, 2.45) is 0 Å². The Hall–Kier alpha value is -1.68. The van der Waals surface area contributed by atoms with Crippen molar-refractivity contribution in [1.29, 1.82) is 0 Å². The molecule has 1 aromatic heterocycles. The van der Waals surface area contributed by atoms with Gasteiger partial charge in [0.05, 0.1) is 16.9 Å². The third kappa shape index (κ3) is 1.00. The fourth-order valence-corrected chi connectivity index (χ4v) is 3.41. The smallest absolute Gasteiger partial charge is 0.216 e. The fourth-order valence-electron chi connectivity index (χ4n) is 3.15. The lowest BCUT2D eigenvalue weighted by atomic mass is 9.84. The second-order valence-corrected chi connectivity index (χ2v) is 5.32. The highest BCUT2D eigenvalue weighted by atomic mass is 32.1. The highest BCUT2D eigenvalue weighted by Gasteiger charge is 2.49. The highest BCUT2D eigenvalue weighted by Crippen LogP contribution is 2.50. The van der Waals surface area contributed by atoms with Crippen LogP contribution in [0.3, 0.4) is 0 Å². The Labute approximate surface area is 111 Å². The van der Waals surface area contributed by atoms with E-state index in [1.54, 1.807) is 0 Å². The first-order valence-corrected chi connectivity index (χ1v) is 6.49. The molecule has 0 fully saturated rings. The van der Waals surface area contributed by atoms with Gasteiger partial charge in [0, 0.05) is 5.70 Å². The molecular weight excluding hydrogens is 242 g/mol. The molecule has 1 unspecified atom stereocenters. The van der Waals surface area contributed by atoms with Gasteiger partial charge in [-0.3, -0.25) is 4.57 Å². The van der Waals surface area contributed by atoms with Crippen LogP contribution in [0.1, 0.15) is 13.3 Å². The van der Waals surface area contributed by atoms with Gasteiger partial charge in [-0.2, -0.15) is 0 Å². The zero-order chi connectivity index (χ0) is 12.3. The van der Waals surface area contributed by atoms with Gasteiger partial charge in [0.1, 0.15) is 5.54 Å². The van der Waals surface area contributed by atoms with Gasteiger partial charge < -0.3 is 4.90 Å². The Bertz CT molecular complexity index is 663. The highest BCUT2D eigenvalue weighted by molar-refractivity contribution is 7.80. The van der Waals surface area contributed by atoms with E-state index in [0.717, 1.165) is 17.4 Å². The minimum atomic E-state index is -0.103. The molecule has 1 aromatic rings. The van der Waals surface area contributed by atoms with E-state index in [2.05, 4.69) is 70.5 Å². The first-order chi connectivity index (χ1) is 8.74. The maximum atomic E-state index is 4.53. The molecule has 1 aliphatic carbocycles. The van der Waals surface area contributed by atoms with Crippen molar-refractivity contribution in [2.75, 3.05) is 4.90 Å². The Morgan fingerprint density at radius 1 is 1.33 bits per heavy atom. The van der Waals surface area contributed by atoms with Gasteiger partial charge in [-0.25, -0.2) is 4.98 Å². The third-order valence-electron chi connectivity index (χ3n) is 3.89. The lowest BCUT2D eigenvalue weighted by Crippen LogP contribution is -2.45. The van der Waals surface area contributed by atoms with E-state index >= 15 is 0 Å². The molecule has 3 aliphatic rings. The molecule has 90 valence electrons. The molecule has 3 heterocycles. The number of thiol groups is 1. The molecule has 4 rings (SSSR count). The average Bonchev–Trinajstić information content (AvgIpc) is 2.86. The number of anilines is 1. The maximum absolute atomic E-state index is 4.53. The standard InChI is InChI=1S/C14H13N3S/c1-10-5-4-8-14-7-3-2-6-11(14)16-12(18)9-15-13(16)17(10)14/h2-6,8-9,18H,7H2,1H3. The van der Waals surface area contributed by atoms with Crippen LogP contribution in [0.15, 0.2) is 53.4 Å². The normalized spacial score (nSPS) is 27.6. The number of hydrogen-bond acceptors (Lipinski definition) is 3. The van der Waals surface area contributed by atoms with E-state index < -0.39 is 0 Å². The van der Waals surface area contributed by atoms with Crippen molar-refractivity contribution in [2.45, 2.75) is 23.9 Å². The predicted molar refractivity (Wildman–Crippen MR) is 75.6 cm³/mol. The third-order valence-corrected chi connectivity index (χ3v) is 4.20. The van der Waals surface area contributed by atoms with Crippen LogP contribution in [0.5, 0.6) is 0 Å². The molecule has 1 spiro atoms. The van der Waals surface area contributed by atoms with Crippen molar-refractivity contribution in [3.8, 4) is 0 Å². The number of nitrogens with zero attached hydrogens (tertiary/aromatic N) is 3. The fraction of sp³-hybridized carbons (Fsp3) is 0.214. The molecule has 0 aromatic carbocycles. The first kappa shape index (κ1) is 10.3. The maximum Gasteiger partial charge on any atom is 0.216 e. The van der Waals surface area contributed by atoms with Crippen LogP contribution in [0.4, 0.5) is 5.95 Å². The number of hydrogen-bond donors (Lipinski definition) is 1. The number of fused-ring (bicyclic) bond motifs is 3. The summed E-state index contributed by atoms with van der Waals surface area (Å²) in [5.41, 5.74) is 2.36. The van der Waals surface area contributed by atoms with Crippen LogP contribution in [-0.2, 0) is 0 Å². The molecule has 0 radical (unpaired) electrons. The van der Waals surface area contributed by atoms with Crippen molar-refractivity contribution >= 4 is 24.3 Å². The summed E-state index contributed by atoms with van der Waals surface area (Å²) in [6, 6.07) is 0. The van der Waals surface area contributed by atoms with Crippen LogP contribution in [0.2, 0.25) is 0 Å². The van der Waals surface area contributed by atoms with Gasteiger partial charge in [-0.05, 0) is 25.5 Å². The van der Waals surface area contributed by atoms with Crippen molar-refractivity contribution < 1.29 is 0 Å². The predicted octanol–water partition coefficient (Wildman–Crippen LogP) is 3.01. The second-order valence-electron chi connectivity index (χ2n) is 4.86. The van der Waals surface area contributed by atoms with Crippen LogP contribution in [0, 0.1) is 0 Å². The Balaban J connectivity index is 2.07. The number of aromatic nitrogens is 2. The summed E-state index contributed by atoms with van der Waals surface area (Å²) < 4.78 is 2.14. The van der Waals surface area contributed by atoms with Crippen LogP contribution >= 0.6 is 12.6 Å². The van der Waals surface area contributed by atoms with Crippen LogP contribution in [-0.4, -0.2) is 15.1 Å². The van der Waals surface area contributed by atoms with Crippen molar-refractivity contribution in [3.05, 3.63) is 48.4 Å². The Morgan fingerprint density at radius 2 is 2.22 bits per heavy atom. The largest absolute Gasteiger partial charge is 0.300 e. The molecule has 3 nitrogen and oxygen atoms in total. The van der Waals surface area contributed by atoms with E-state index in [1.165, 1.54) is 11.4 Å². The summed E-state index contributed by atoms with van der Waals surface area (Å²) >= 11 is 4.53. The Kier molecular flexibility index (Phi) is 1.83. The SMILES string of the molecule is CC1=CC=CC23CC=CC=C2n2c(S)cnc2N13. The Morgan fingerprint density at radius 3 is 3.11 bits per heavy atom. The summed E-state index contributed by atoms with van der Waals surface area (Å²) in [5.74, 6) is 0.966. The molecule has 0 saturated carbocycles. The summed E-state index contributed by atoms with van der Waals surface area (Å²) in [5, 5.41) is 0.890. The van der Waals surface area contributed by atoms with Crippen LogP contribution < -0.4 is 4.90 Å². The zero-order valence-electron chi connectivity index (χ0n) is 10.0. The van der Waals surface area contributed by atoms with E-state index in [9.17, 15) is 0 Å². The summed E-state index contributed by atoms with van der Waals surface area (Å²) in [4.78, 5) is 6.83. The number of imidazole rings is 1. The second kappa shape index (κ2) is 3.20. The average molecular weight is 255 g/mol. The first-order valence-electron chi connectivity index (χ1n) is 6.05. The van der Waals surface area contributed by atoms with E-state index in [-0.39, 0.29) is 5.54 Å². The van der Waals surface area contributed by atoms with Crippen LogP contribution in [0.25, 0.3) is 5.70 Å².